The lowest BCUT2D eigenvalue weighted by Gasteiger charge is -2.05. The van der Waals surface area contributed by atoms with Gasteiger partial charge in [0.2, 0.25) is 0 Å². The minimum Gasteiger partial charge on any atom is -0.485 e. The van der Waals surface area contributed by atoms with Crippen molar-refractivity contribution in [3.63, 3.8) is 0 Å². The second-order valence-corrected chi connectivity index (χ2v) is 4.61. The highest BCUT2D eigenvalue weighted by atomic mass is 16.5. The lowest BCUT2D eigenvalue weighted by molar-refractivity contribution is 0.0696. The predicted molar refractivity (Wildman–Crippen MR) is 75.5 cm³/mol. The van der Waals surface area contributed by atoms with E-state index in [0.717, 1.165) is 11.3 Å². The number of rotatable bonds is 4. The minimum atomic E-state index is -0.995. The van der Waals surface area contributed by atoms with Crippen molar-refractivity contribution in [2.45, 2.75) is 13.5 Å². The molecule has 0 aliphatic rings. The van der Waals surface area contributed by atoms with Crippen LogP contribution in [-0.4, -0.2) is 25.7 Å². The summed E-state index contributed by atoms with van der Waals surface area (Å²) in [6.07, 6.45) is 1.43. The van der Waals surface area contributed by atoms with E-state index in [1.807, 2.05) is 31.2 Å². The molecule has 0 radical (unpaired) electrons. The van der Waals surface area contributed by atoms with Gasteiger partial charge in [-0.1, -0.05) is 18.2 Å². The van der Waals surface area contributed by atoms with Gasteiger partial charge in [-0.25, -0.2) is 14.3 Å². The number of para-hydroxylation sites is 1. The van der Waals surface area contributed by atoms with Crippen molar-refractivity contribution < 1.29 is 14.6 Å². The molecule has 106 valence electrons. The van der Waals surface area contributed by atoms with Crippen LogP contribution in [-0.2, 0) is 6.61 Å². The first-order valence-corrected chi connectivity index (χ1v) is 6.40. The van der Waals surface area contributed by atoms with Gasteiger partial charge < -0.3 is 9.84 Å². The minimum absolute atomic E-state index is 0.166. The van der Waals surface area contributed by atoms with Crippen LogP contribution in [0, 0.1) is 6.92 Å². The van der Waals surface area contributed by atoms with Gasteiger partial charge in [-0.2, -0.15) is 0 Å². The molecule has 6 nitrogen and oxygen atoms in total. The van der Waals surface area contributed by atoms with Gasteiger partial charge in [-0.3, -0.25) is 0 Å². The summed E-state index contributed by atoms with van der Waals surface area (Å²) in [4.78, 5) is 15.2. The zero-order chi connectivity index (χ0) is 14.8. The molecule has 0 saturated heterocycles. The number of hydrogen-bond donors (Lipinski definition) is 1. The fourth-order valence-corrected chi connectivity index (χ4v) is 1.98. The zero-order valence-electron chi connectivity index (χ0n) is 11.4. The Balaban J connectivity index is 1.82. The van der Waals surface area contributed by atoms with Crippen LogP contribution in [0.4, 0.5) is 0 Å². The summed E-state index contributed by atoms with van der Waals surface area (Å²) < 4.78 is 7.12. The maximum Gasteiger partial charge on any atom is 0.337 e. The van der Waals surface area contributed by atoms with Gasteiger partial charge in [-0.05, 0) is 30.7 Å². The van der Waals surface area contributed by atoms with Gasteiger partial charge in [-0.15, -0.1) is 5.10 Å². The molecule has 3 aromatic rings. The molecular weight excluding hydrogens is 270 g/mol. The third kappa shape index (κ3) is 2.69. The van der Waals surface area contributed by atoms with E-state index in [4.69, 9.17) is 9.84 Å². The summed E-state index contributed by atoms with van der Waals surface area (Å²) >= 11 is 0. The lowest BCUT2D eigenvalue weighted by atomic mass is 10.2. The normalized spacial score (nSPS) is 10.7. The van der Waals surface area contributed by atoms with Crippen LogP contribution in [0.2, 0.25) is 0 Å². The maximum absolute atomic E-state index is 10.9. The Kier molecular flexibility index (Phi) is 3.27. The number of carbonyl (C=O) groups is 1. The summed E-state index contributed by atoms with van der Waals surface area (Å²) in [5.41, 5.74) is 1.79. The molecule has 21 heavy (non-hydrogen) atoms. The molecule has 0 aliphatic heterocycles. The lowest BCUT2D eigenvalue weighted by Crippen LogP contribution is -2.00. The fourth-order valence-electron chi connectivity index (χ4n) is 1.98. The quantitative estimate of drug-likeness (QED) is 0.795. The van der Waals surface area contributed by atoms with Crippen molar-refractivity contribution >= 4 is 11.6 Å². The van der Waals surface area contributed by atoms with Crippen molar-refractivity contribution in [3.05, 3.63) is 59.5 Å². The number of fused-ring (bicyclic) bond motifs is 1. The SMILES string of the molecule is Cc1ccccc1OCc1nc2ccc(C(=O)O)cn2n1. The number of nitrogens with zero attached hydrogens (tertiary/aromatic N) is 3. The third-order valence-corrected chi connectivity index (χ3v) is 3.07. The Morgan fingerprint density at radius 1 is 1.29 bits per heavy atom. The topological polar surface area (TPSA) is 76.7 Å². The molecule has 1 N–H and O–H groups in total. The number of hydrogen-bond acceptors (Lipinski definition) is 4. The van der Waals surface area contributed by atoms with E-state index in [-0.39, 0.29) is 12.2 Å². The number of aromatic nitrogens is 3. The highest BCUT2D eigenvalue weighted by molar-refractivity contribution is 5.87. The van der Waals surface area contributed by atoms with Crippen molar-refractivity contribution in [2.24, 2.45) is 0 Å². The molecule has 2 aromatic heterocycles. The molecule has 0 spiro atoms. The van der Waals surface area contributed by atoms with Gasteiger partial charge in [0.25, 0.3) is 0 Å². The maximum atomic E-state index is 10.9. The molecule has 3 rings (SSSR count). The van der Waals surface area contributed by atoms with Crippen LogP contribution in [0.15, 0.2) is 42.6 Å². The van der Waals surface area contributed by atoms with Gasteiger partial charge in [0, 0.05) is 6.20 Å². The number of aromatic carboxylic acids is 1. The zero-order valence-corrected chi connectivity index (χ0v) is 11.4. The summed E-state index contributed by atoms with van der Waals surface area (Å²) in [6, 6.07) is 10.8. The van der Waals surface area contributed by atoms with Crippen LogP contribution in [0.5, 0.6) is 5.75 Å². The average molecular weight is 283 g/mol. The standard InChI is InChI=1S/C15H13N3O3/c1-10-4-2-3-5-12(10)21-9-13-16-14-7-6-11(15(19)20)8-18(14)17-13/h2-8H,9H2,1H3,(H,19,20). The Bertz CT molecular complexity index is 811. The molecule has 0 amide bonds. The molecule has 2 heterocycles. The van der Waals surface area contributed by atoms with Crippen LogP contribution in [0.25, 0.3) is 5.65 Å². The summed E-state index contributed by atoms with van der Waals surface area (Å²) in [7, 11) is 0. The van der Waals surface area contributed by atoms with Crippen LogP contribution in [0.1, 0.15) is 21.7 Å². The number of aryl methyl sites for hydroxylation is 1. The van der Waals surface area contributed by atoms with E-state index in [9.17, 15) is 4.79 Å². The van der Waals surface area contributed by atoms with Crippen LogP contribution in [0.3, 0.4) is 0 Å². The smallest absolute Gasteiger partial charge is 0.337 e. The Hall–Kier alpha value is -2.89. The summed E-state index contributed by atoms with van der Waals surface area (Å²) in [5, 5.41) is 13.2. The van der Waals surface area contributed by atoms with E-state index in [0.29, 0.717) is 11.5 Å². The van der Waals surface area contributed by atoms with E-state index in [1.54, 1.807) is 6.07 Å². The van der Waals surface area contributed by atoms with E-state index < -0.39 is 5.97 Å². The number of pyridine rings is 1. The average Bonchev–Trinajstić information content (AvgIpc) is 2.88. The largest absolute Gasteiger partial charge is 0.485 e. The van der Waals surface area contributed by atoms with Crippen molar-refractivity contribution in [1.29, 1.82) is 0 Å². The molecule has 6 heteroatoms. The molecule has 0 aliphatic carbocycles. The molecule has 1 aromatic carbocycles. The molecule has 0 saturated carbocycles. The van der Waals surface area contributed by atoms with E-state index >= 15 is 0 Å². The molecule has 0 bridgehead atoms. The molecule has 0 fully saturated rings. The van der Waals surface area contributed by atoms with Crippen molar-refractivity contribution in [2.75, 3.05) is 0 Å². The number of carboxylic acids is 1. The first-order valence-electron chi connectivity index (χ1n) is 6.40. The highest BCUT2D eigenvalue weighted by Gasteiger charge is 2.08. The molecular formula is C15H13N3O3. The second kappa shape index (κ2) is 5.24. The summed E-state index contributed by atoms with van der Waals surface area (Å²) in [6.45, 7) is 2.19. The van der Waals surface area contributed by atoms with Crippen LogP contribution < -0.4 is 4.74 Å². The fraction of sp³-hybridized carbons (Fsp3) is 0.133. The Morgan fingerprint density at radius 3 is 2.86 bits per heavy atom. The number of carboxylic acid groups (broad SMARTS) is 1. The Morgan fingerprint density at radius 2 is 2.10 bits per heavy atom. The monoisotopic (exact) mass is 283 g/mol. The highest BCUT2D eigenvalue weighted by Crippen LogP contribution is 2.17. The van der Waals surface area contributed by atoms with Crippen molar-refractivity contribution in [3.8, 4) is 5.75 Å². The van der Waals surface area contributed by atoms with Crippen LogP contribution >= 0.6 is 0 Å². The number of benzene rings is 1. The van der Waals surface area contributed by atoms with Gasteiger partial charge in [0.15, 0.2) is 11.5 Å². The van der Waals surface area contributed by atoms with E-state index in [1.165, 1.54) is 16.8 Å². The number of ether oxygens (including phenoxy) is 1. The molecule has 0 unspecified atom stereocenters. The second-order valence-electron chi connectivity index (χ2n) is 4.61. The molecule has 0 atom stereocenters. The van der Waals surface area contributed by atoms with E-state index in [2.05, 4.69) is 10.1 Å². The first-order chi connectivity index (χ1) is 10.1. The third-order valence-electron chi connectivity index (χ3n) is 3.07. The van der Waals surface area contributed by atoms with Gasteiger partial charge >= 0.3 is 5.97 Å². The van der Waals surface area contributed by atoms with Gasteiger partial charge in [0.05, 0.1) is 5.56 Å². The first kappa shape index (κ1) is 13.1. The Labute approximate surface area is 120 Å². The van der Waals surface area contributed by atoms with Crippen molar-refractivity contribution in [1.82, 2.24) is 14.6 Å². The summed E-state index contributed by atoms with van der Waals surface area (Å²) in [5.74, 6) is 0.286. The van der Waals surface area contributed by atoms with Gasteiger partial charge in [0.1, 0.15) is 12.4 Å². The predicted octanol–water partition coefficient (Wildman–Crippen LogP) is 2.31.